The van der Waals surface area contributed by atoms with Gasteiger partial charge in [0.05, 0.1) is 12.5 Å². The summed E-state index contributed by atoms with van der Waals surface area (Å²) in [4.78, 5) is 36.4. The lowest BCUT2D eigenvalue weighted by atomic mass is 9.65. The van der Waals surface area contributed by atoms with E-state index >= 15 is 0 Å². The normalized spacial score (nSPS) is 38.6. The summed E-state index contributed by atoms with van der Waals surface area (Å²) in [6.07, 6.45) is 0.966. The third-order valence-electron chi connectivity index (χ3n) is 4.98. The number of hydrogen-bond acceptors (Lipinski definition) is 4. The number of carbonyl (C=O) groups is 3. The molecule has 4 nitrogen and oxygen atoms in total. The van der Waals surface area contributed by atoms with Crippen molar-refractivity contribution in [2.75, 3.05) is 12.4 Å². The molecule has 0 radical (unpaired) electrons. The number of ketones is 2. The van der Waals surface area contributed by atoms with Crippen LogP contribution < -0.4 is 0 Å². The minimum Gasteiger partial charge on any atom is -0.468 e. The van der Waals surface area contributed by atoms with Crippen molar-refractivity contribution in [3.05, 3.63) is 0 Å². The maximum absolute atomic E-state index is 12.2. The van der Waals surface area contributed by atoms with Gasteiger partial charge in [-0.15, -0.1) is 0 Å². The molecule has 0 heterocycles. The summed E-state index contributed by atoms with van der Waals surface area (Å²) < 4.78 is 4.77. The number of halogens is 1. The van der Waals surface area contributed by atoms with Crippen LogP contribution in [0.1, 0.15) is 26.7 Å². The molecule has 0 aromatic rings. The first-order chi connectivity index (χ1) is 7.81. The van der Waals surface area contributed by atoms with Crippen molar-refractivity contribution < 1.29 is 19.1 Å². The summed E-state index contributed by atoms with van der Waals surface area (Å²) in [5.41, 5.74) is -2.71. The molecule has 0 aromatic carbocycles. The summed E-state index contributed by atoms with van der Waals surface area (Å²) in [5, 5.41) is 0.413. The summed E-state index contributed by atoms with van der Waals surface area (Å²) in [6, 6.07) is 0. The molecule has 0 N–H and O–H groups in total. The lowest BCUT2D eigenvalue weighted by Gasteiger charge is -2.37. The standard InChI is InChI=1S/C12H15BrO4/c1-10(2)11(6-13)4-5-12(10,9(16)17-3)8(15)7(11)14/h4-6H2,1-3H3/t11-,12+/m0/s1. The van der Waals surface area contributed by atoms with Crippen LogP contribution in [0.4, 0.5) is 0 Å². The van der Waals surface area contributed by atoms with Gasteiger partial charge in [0.1, 0.15) is 5.41 Å². The van der Waals surface area contributed by atoms with Crippen LogP contribution in [0.3, 0.4) is 0 Å². The van der Waals surface area contributed by atoms with Crippen LogP contribution >= 0.6 is 15.9 Å². The van der Waals surface area contributed by atoms with Crippen molar-refractivity contribution in [2.24, 2.45) is 16.2 Å². The van der Waals surface area contributed by atoms with E-state index in [0.29, 0.717) is 18.2 Å². The second-order valence-electron chi connectivity index (χ2n) is 5.40. The van der Waals surface area contributed by atoms with E-state index in [1.54, 1.807) is 0 Å². The minimum atomic E-state index is -1.27. The van der Waals surface area contributed by atoms with E-state index < -0.39 is 33.8 Å². The first-order valence-electron chi connectivity index (χ1n) is 5.55. The van der Waals surface area contributed by atoms with Crippen molar-refractivity contribution in [2.45, 2.75) is 26.7 Å². The van der Waals surface area contributed by atoms with Gasteiger partial charge in [0.25, 0.3) is 0 Å². The first kappa shape index (κ1) is 12.7. The number of rotatable bonds is 2. The van der Waals surface area contributed by atoms with E-state index in [-0.39, 0.29) is 0 Å². The molecular weight excluding hydrogens is 288 g/mol. The van der Waals surface area contributed by atoms with Crippen molar-refractivity contribution in [1.29, 1.82) is 0 Å². The van der Waals surface area contributed by atoms with E-state index in [1.165, 1.54) is 7.11 Å². The van der Waals surface area contributed by atoms with Crippen LogP contribution in [0.15, 0.2) is 0 Å². The zero-order chi connectivity index (χ0) is 13.1. The number of esters is 1. The number of Topliss-reactive ketones (excluding diaryl/α,β-unsaturated/α-hetero) is 2. The van der Waals surface area contributed by atoms with Gasteiger partial charge in [0.15, 0.2) is 0 Å². The number of methoxy groups -OCH3 is 1. The van der Waals surface area contributed by atoms with Crippen molar-refractivity contribution in [1.82, 2.24) is 0 Å². The van der Waals surface area contributed by atoms with Crippen LogP contribution in [0, 0.1) is 16.2 Å². The van der Waals surface area contributed by atoms with Gasteiger partial charge in [0, 0.05) is 10.7 Å². The molecule has 5 heteroatoms. The Morgan fingerprint density at radius 1 is 1.29 bits per heavy atom. The molecule has 0 spiro atoms. The molecule has 2 atom stereocenters. The molecule has 2 bridgehead atoms. The summed E-state index contributed by atoms with van der Waals surface area (Å²) in [5.74, 6) is -1.56. The molecule has 2 rings (SSSR count). The van der Waals surface area contributed by atoms with Crippen LogP contribution in [0.2, 0.25) is 0 Å². The molecule has 2 fully saturated rings. The zero-order valence-corrected chi connectivity index (χ0v) is 11.7. The van der Waals surface area contributed by atoms with Crippen LogP contribution in [-0.2, 0) is 19.1 Å². The monoisotopic (exact) mass is 302 g/mol. The molecule has 2 saturated carbocycles. The number of ether oxygens (including phenoxy) is 1. The van der Waals surface area contributed by atoms with Gasteiger partial charge < -0.3 is 4.74 Å². The Labute approximate surface area is 108 Å². The smallest absolute Gasteiger partial charge is 0.320 e. The van der Waals surface area contributed by atoms with Gasteiger partial charge in [-0.2, -0.15) is 0 Å². The first-order valence-corrected chi connectivity index (χ1v) is 6.67. The molecule has 17 heavy (non-hydrogen) atoms. The third kappa shape index (κ3) is 1.03. The average molecular weight is 303 g/mol. The largest absolute Gasteiger partial charge is 0.468 e. The van der Waals surface area contributed by atoms with E-state index in [0.717, 1.165) is 0 Å². The Balaban J connectivity index is 2.68. The summed E-state index contributed by atoms with van der Waals surface area (Å²) in [6.45, 7) is 3.64. The summed E-state index contributed by atoms with van der Waals surface area (Å²) in [7, 11) is 1.26. The van der Waals surface area contributed by atoms with Gasteiger partial charge >= 0.3 is 5.97 Å². The molecule has 0 saturated heterocycles. The van der Waals surface area contributed by atoms with Crippen LogP contribution in [0.5, 0.6) is 0 Å². The highest BCUT2D eigenvalue weighted by Gasteiger charge is 2.79. The average Bonchev–Trinajstić information content (AvgIpc) is 2.61. The molecule has 2 aliphatic rings. The highest BCUT2D eigenvalue weighted by atomic mass is 79.9. The summed E-state index contributed by atoms with van der Waals surface area (Å²) >= 11 is 3.33. The van der Waals surface area contributed by atoms with Gasteiger partial charge in [-0.3, -0.25) is 14.4 Å². The third-order valence-corrected chi connectivity index (χ3v) is 5.94. The minimum absolute atomic E-state index is 0.406. The van der Waals surface area contributed by atoms with E-state index in [1.807, 2.05) is 13.8 Å². The fraction of sp³-hybridized carbons (Fsp3) is 0.750. The Morgan fingerprint density at radius 3 is 2.29 bits per heavy atom. The number of carbonyl (C=O) groups excluding carboxylic acids is 3. The number of alkyl halides is 1. The Bertz CT molecular complexity index is 428. The molecular formula is C12H15BrO4. The second-order valence-corrected chi connectivity index (χ2v) is 5.96. The Hall–Kier alpha value is -0.710. The maximum Gasteiger partial charge on any atom is 0.320 e. The van der Waals surface area contributed by atoms with Crippen molar-refractivity contribution in [3.63, 3.8) is 0 Å². The van der Waals surface area contributed by atoms with Gasteiger partial charge in [0.2, 0.25) is 11.6 Å². The SMILES string of the molecule is COC(=O)[C@@]12CC[C@](CBr)(C(=O)C1=O)C2(C)C. The van der Waals surface area contributed by atoms with Gasteiger partial charge in [-0.25, -0.2) is 0 Å². The predicted molar refractivity (Wildman–Crippen MR) is 63.7 cm³/mol. The maximum atomic E-state index is 12.2. The van der Waals surface area contributed by atoms with Gasteiger partial charge in [-0.05, 0) is 12.8 Å². The van der Waals surface area contributed by atoms with E-state index in [2.05, 4.69) is 15.9 Å². The van der Waals surface area contributed by atoms with E-state index in [9.17, 15) is 14.4 Å². The quantitative estimate of drug-likeness (QED) is 0.336. The van der Waals surface area contributed by atoms with Crippen molar-refractivity contribution in [3.8, 4) is 0 Å². The van der Waals surface area contributed by atoms with Crippen LogP contribution in [0.25, 0.3) is 0 Å². The van der Waals surface area contributed by atoms with Crippen molar-refractivity contribution >= 4 is 33.5 Å². The topological polar surface area (TPSA) is 60.4 Å². The molecule has 0 unspecified atom stereocenters. The fourth-order valence-corrected chi connectivity index (χ4v) is 4.79. The Morgan fingerprint density at radius 2 is 1.88 bits per heavy atom. The number of hydrogen-bond donors (Lipinski definition) is 0. The second kappa shape index (κ2) is 3.40. The van der Waals surface area contributed by atoms with Gasteiger partial charge in [-0.1, -0.05) is 29.8 Å². The lowest BCUT2D eigenvalue weighted by Crippen LogP contribution is -2.45. The fourth-order valence-electron chi connectivity index (χ4n) is 3.56. The molecule has 2 aliphatic carbocycles. The Kier molecular flexibility index (Phi) is 2.55. The highest BCUT2D eigenvalue weighted by Crippen LogP contribution is 2.69. The number of fused-ring (bicyclic) bond motifs is 2. The zero-order valence-electron chi connectivity index (χ0n) is 10.1. The molecule has 0 amide bonds. The molecule has 94 valence electrons. The van der Waals surface area contributed by atoms with E-state index in [4.69, 9.17) is 4.74 Å². The lowest BCUT2D eigenvalue weighted by molar-refractivity contribution is -0.163. The predicted octanol–water partition coefficient (Wildman–Crippen LogP) is 1.50. The molecule has 0 aromatic heterocycles. The molecule has 0 aliphatic heterocycles. The highest BCUT2D eigenvalue weighted by molar-refractivity contribution is 9.09. The van der Waals surface area contributed by atoms with Crippen LogP contribution in [-0.4, -0.2) is 30.0 Å².